The first-order valence-electron chi connectivity index (χ1n) is 4.45. The normalized spacial score (nSPS) is 16.6. The summed E-state index contributed by atoms with van der Waals surface area (Å²) in [6.07, 6.45) is 1.08. The first kappa shape index (κ1) is 10.7. The molecule has 1 unspecified atom stereocenters. The second-order valence-electron chi connectivity index (χ2n) is 3.51. The lowest BCUT2D eigenvalue weighted by molar-refractivity contribution is 0.706. The van der Waals surface area contributed by atoms with Crippen LogP contribution in [0, 0.1) is 5.92 Å². The van der Waals surface area contributed by atoms with Crippen LogP contribution >= 0.6 is 0 Å². The van der Waals surface area contributed by atoms with E-state index < -0.39 is 0 Å². The van der Waals surface area contributed by atoms with Gasteiger partial charge in [0.2, 0.25) is 0 Å². The van der Waals surface area contributed by atoms with Crippen LogP contribution in [0.25, 0.3) is 0 Å². The van der Waals surface area contributed by atoms with Crippen LogP contribution in [0.4, 0.5) is 0 Å². The van der Waals surface area contributed by atoms with Crippen molar-refractivity contribution in [3.63, 3.8) is 0 Å². The van der Waals surface area contributed by atoms with Crippen LogP contribution in [-0.2, 0) is 0 Å². The Balaban J connectivity index is 4.54. The van der Waals surface area contributed by atoms with E-state index in [1.165, 1.54) is 11.1 Å². The number of hydrogen-bond donors (Lipinski definition) is 1. The molecule has 0 saturated carbocycles. The van der Waals surface area contributed by atoms with Crippen molar-refractivity contribution < 1.29 is 0 Å². The minimum absolute atomic E-state index is 0.224. The Morgan fingerprint density at radius 3 is 1.82 bits per heavy atom. The van der Waals surface area contributed by atoms with Gasteiger partial charge >= 0.3 is 0 Å². The molecule has 66 valence electrons. The van der Waals surface area contributed by atoms with Gasteiger partial charge in [-0.15, -0.1) is 0 Å². The molecule has 11 heavy (non-hydrogen) atoms. The molecule has 0 radical (unpaired) electrons. The number of hydrogen-bond acceptors (Lipinski definition) is 1. The zero-order valence-electron chi connectivity index (χ0n) is 8.44. The molecule has 0 heterocycles. The van der Waals surface area contributed by atoms with Crippen LogP contribution in [0.3, 0.4) is 0 Å². The Hall–Kier alpha value is -0.300. The van der Waals surface area contributed by atoms with Crippen LogP contribution < -0.4 is 5.73 Å². The van der Waals surface area contributed by atoms with Gasteiger partial charge in [-0.2, -0.15) is 0 Å². The fraction of sp³-hybridized carbons (Fsp3) is 0.800. The van der Waals surface area contributed by atoms with E-state index in [9.17, 15) is 0 Å². The number of nitrogens with two attached hydrogens (primary N) is 1. The summed E-state index contributed by atoms with van der Waals surface area (Å²) in [6.45, 7) is 10.9. The SMILES string of the molecule is CC/C(=C(/C)C(C)C)C(C)N. The fourth-order valence-electron chi connectivity index (χ4n) is 1.33. The molecule has 0 saturated heterocycles. The fourth-order valence-corrected chi connectivity index (χ4v) is 1.33. The molecule has 0 aliphatic rings. The molecule has 1 heteroatoms. The predicted octanol–water partition coefficient (Wildman–Crippen LogP) is 2.72. The maximum absolute atomic E-state index is 5.83. The van der Waals surface area contributed by atoms with Crippen molar-refractivity contribution in [2.24, 2.45) is 11.7 Å². The monoisotopic (exact) mass is 155 g/mol. The largest absolute Gasteiger partial charge is 0.324 e. The molecule has 0 bridgehead atoms. The van der Waals surface area contributed by atoms with Gasteiger partial charge < -0.3 is 5.73 Å². The number of allylic oxidation sites excluding steroid dienone is 1. The van der Waals surface area contributed by atoms with Gasteiger partial charge in [0.05, 0.1) is 0 Å². The topological polar surface area (TPSA) is 26.0 Å². The highest BCUT2D eigenvalue weighted by molar-refractivity contribution is 5.18. The summed E-state index contributed by atoms with van der Waals surface area (Å²) >= 11 is 0. The third kappa shape index (κ3) is 3.06. The van der Waals surface area contributed by atoms with Crippen molar-refractivity contribution in [1.82, 2.24) is 0 Å². The minimum atomic E-state index is 0.224. The van der Waals surface area contributed by atoms with E-state index in [-0.39, 0.29) is 6.04 Å². The van der Waals surface area contributed by atoms with Crippen LogP contribution in [0.15, 0.2) is 11.1 Å². The van der Waals surface area contributed by atoms with Crippen LogP contribution in [-0.4, -0.2) is 6.04 Å². The lowest BCUT2D eigenvalue weighted by Gasteiger charge is -2.16. The van der Waals surface area contributed by atoms with Crippen molar-refractivity contribution in [1.29, 1.82) is 0 Å². The molecule has 2 N–H and O–H groups in total. The van der Waals surface area contributed by atoms with Crippen molar-refractivity contribution in [3.05, 3.63) is 11.1 Å². The van der Waals surface area contributed by atoms with Gasteiger partial charge in [0.1, 0.15) is 0 Å². The Labute approximate surface area is 70.7 Å². The molecule has 1 atom stereocenters. The van der Waals surface area contributed by atoms with Crippen molar-refractivity contribution in [3.8, 4) is 0 Å². The first-order chi connectivity index (χ1) is 5.00. The van der Waals surface area contributed by atoms with Gasteiger partial charge in [-0.3, -0.25) is 0 Å². The summed E-state index contributed by atoms with van der Waals surface area (Å²) in [7, 11) is 0. The predicted molar refractivity (Wildman–Crippen MR) is 51.5 cm³/mol. The Morgan fingerprint density at radius 1 is 1.27 bits per heavy atom. The molecule has 0 spiro atoms. The Kier molecular flexibility index (Phi) is 4.43. The van der Waals surface area contributed by atoms with E-state index in [0.29, 0.717) is 5.92 Å². The summed E-state index contributed by atoms with van der Waals surface area (Å²) in [6, 6.07) is 0.224. The smallest absolute Gasteiger partial charge is 0.0227 e. The number of rotatable bonds is 3. The summed E-state index contributed by atoms with van der Waals surface area (Å²) in [4.78, 5) is 0. The molecule has 0 aromatic rings. The Bertz CT molecular complexity index is 143. The van der Waals surface area contributed by atoms with Crippen LogP contribution in [0.2, 0.25) is 0 Å². The van der Waals surface area contributed by atoms with E-state index >= 15 is 0 Å². The van der Waals surface area contributed by atoms with Crippen molar-refractivity contribution >= 4 is 0 Å². The molecular weight excluding hydrogens is 134 g/mol. The second-order valence-corrected chi connectivity index (χ2v) is 3.51. The molecule has 0 fully saturated rings. The molecule has 0 aromatic heterocycles. The average Bonchev–Trinajstić information content (AvgIpc) is 1.88. The van der Waals surface area contributed by atoms with Crippen LogP contribution in [0.5, 0.6) is 0 Å². The van der Waals surface area contributed by atoms with E-state index in [4.69, 9.17) is 5.73 Å². The van der Waals surface area contributed by atoms with Gasteiger partial charge in [0.25, 0.3) is 0 Å². The van der Waals surface area contributed by atoms with Gasteiger partial charge in [0.15, 0.2) is 0 Å². The summed E-state index contributed by atoms with van der Waals surface area (Å²) < 4.78 is 0. The molecule has 0 aliphatic carbocycles. The highest BCUT2D eigenvalue weighted by atomic mass is 14.6. The zero-order chi connectivity index (χ0) is 9.02. The summed E-state index contributed by atoms with van der Waals surface area (Å²) in [5, 5.41) is 0. The van der Waals surface area contributed by atoms with Crippen LogP contribution in [0.1, 0.15) is 41.0 Å². The van der Waals surface area contributed by atoms with Crippen molar-refractivity contribution in [2.75, 3.05) is 0 Å². The first-order valence-corrected chi connectivity index (χ1v) is 4.45. The summed E-state index contributed by atoms with van der Waals surface area (Å²) in [5.41, 5.74) is 8.71. The van der Waals surface area contributed by atoms with Gasteiger partial charge in [-0.05, 0) is 26.2 Å². The third-order valence-electron chi connectivity index (χ3n) is 2.30. The molecule has 0 amide bonds. The molecular formula is C10H21N. The van der Waals surface area contributed by atoms with Gasteiger partial charge in [0, 0.05) is 6.04 Å². The highest BCUT2D eigenvalue weighted by Crippen LogP contribution is 2.18. The molecule has 1 nitrogen and oxygen atoms in total. The van der Waals surface area contributed by atoms with E-state index in [2.05, 4.69) is 34.6 Å². The highest BCUT2D eigenvalue weighted by Gasteiger charge is 2.07. The average molecular weight is 155 g/mol. The minimum Gasteiger partial charge on any atom is -0.324 e. The van der Waals surface area contributed by atoms with E-state index in [0.717, 1.165) is 6.42 Å². The maximum Gasteiger partial charge on any atom is 0.0227 e. The standard InChI is InChI=1S/C10H21N/c1-6-10(9(5)11)8(4)7(2)3/h7,9H,6,11H2,1-5H3/b10-8+. The zero-order valence-corrected chi connectivity index (χ0v) is 8.44. The molecule has 0 aromatic carbocycles. The second kappa shape index (κ2) is 4.55. The maximum atomic E-state index is 5.83. The molecule has 0 rings (SSSR count). The lowest BCUT2D eigenvalue weighted by atomic mass is 9.93. The van der Waals surface area contributed by atoms with E-state index in [1.807, 2.05) is 0 Å². The third-order valence-corrected chi connectivity index (χ3v) is 2.30. The Morgan fingerprint density at radius 2 is 1.73 bits per heavy atom. The van der Waals surface area contributed by atoms with Gasteiger partial charge in [-0.1, -0.05) is 31.9 Å². The lowest BCUT2D eigenvalue weighted by Crippen LogP contribution is -2.19. The molecule has 0 aliphatic heterocycles. The van der Waals surface area contributed by atoms with Crippen molar-refractivity contribution in [2.45, 2.75) is 47.1 Å². The quantitative estimate of drug-likeness (QED) is 0.623. The van der Waals surface area contributed by atoms with Gasteiger partial charge in [-0.25, -0.2) is 0 Å². The summed E-state index contributed by atoms with van der Waals surface area (Å²) in [5.74, 6) is 0.635. The van der Waals surface area contributed by atoms with E-state index in [1.54, 1.807) is 0 Å².